The van der Waals surface area contributed by atoms with Gasteiger partial charge in [-0.05, 0) is 66.3 Å². The summed E-state index contributed by atoms with van der Waals surface area (Å²) in [6, 6.07) is 8.90. The van der Waals surface area contributed by atoms with Crippen molar-refractivity contribution in [2.45, 2.75) is 33.6 Å². The number of fused-ring (bicyclic) bond motifs is 2. The molecule has 0 radical (unpaired) electrons. The van der Waals surface area contributed by atoms with Gasteiger partial charge in [-0.2, -0.15) is 0 Å². The lowest BCUT2D eigenvalue weighted by molar-refractivity contribution is 0.0692. The van der Waals surface area contributed by atoms with Crippen molar-refractivity contribution in [2.75, 3.05) is 0 Å². The molecular formula is C26H24FN3O2. The van der Waals surface area contributed by atoms with Crippen molar-refractivity contribution < 1.29 is 14.3 Å². The van der Waals surface area contributed by atoms with Gasteiger partial charge in [0, 0.05) is 45.3 Å². The Morgan fingerprint density at radius 1 is 1.03 bits per heavy atom. The van der Waals surface area contributed by atoms with Crippen molar-refractivity contribution in [3.05, 3.63) is 70.9 Å². The number of carboxylic acid groups (broad SMARTS) is 1. The average Bonchev–Trinajstić information content (AvgIpc) is 3.43. The molecule has 0 spiro atoms. The lowest BCUT2D eigenvalue weighted by Gasteiger charge is -2.14. The van der Waals surface area contributed by atoms with Crippen molar-refractivity contribution in [3.63, 3.8) is 0 Å². The van der Waals surface area contributed by atoms with Crippen LogP contribution in [0.1, 0.15) is 46.9 Å². The van der Waals surface area contributed by atoms with E-state index in [4.69, 9.17) is 0 Å². The van der Waals surface area contributed by atoms with Gasteiger partial charge in [-0.25, -0.2) is 9.18 Å². The van der Waals surface area contributed by atoms with Crippen LogP contribution in [0.5, 0.6) is 0 Å². The first kappa shape index (κ1) is 20.1. The zero-order valence-electron chi connectivity index (χ0n) is 18.4. The molecule has 0 saturated carbocycles. The van der Waals surface area contributed by atoms with Gasteiger partial charge in [0.2, 0.25) is 0 Å². The number of aromatic carboxylic acids is 1. The Labute approximate surface area is 184 Å². The highest BCUT2D eigenvalue weighted by molar-refractivity contribution is 6.07. The van der Waals surface area contributed by atoms with Crippen molar-refractivity contribution in [3.8, 4) is 22.4 Å². The van der Waals surface area contributed by atoms with Crippen LogP contribution in [0.15, 0.2) is 42.7 Å². The molecule has 0 fully saturated rings. The summed E-state index contributed by atoms with van der Waals surface area (Å²) in [7, 11) is 0. The molecule has 2 aromatic carbocycles. The molecule has 0 amide bonds. The number of benzene rings is 2. The monoisotopic (exact) mass is 429 g/mol. The van der Waals surface area contributed by atoms with Gasteiger partial charge in [-0.3, -0.25) is 0 Å². The third-order valence-electron chi connectivity index (χ3n) is 6.12. The predicted molar refractivity (Wildman–Crippen MR) is 126 cm³/mol. The minimum atomic E-state index is -1.04. The number of nitrogens with one attached hydrogen (secondary N) is 3. The number of halogens is 1. The summed E-state index contributed by atoms with van der Waals surface area (Å²) in [5.41, 5.74) is 7.49. The van der Waals surface area contributed by atoms with E-state index >= 15 is 0 Å². The highest BCUT2D eigenvalue weighted by Crippen LogP contribution is 2.44. The van der Waals surface area contributed by atoms with Crippen molar-refractivity contribution in [2.24, 2.45) is 0 Å². The number of carboxylic acids is 1. The number of rotatable bonds is 4. The summed E-state index contributed by atoms with van der Waals surface area (Å²) in [6.45, 7) is 8.08. The largest absolute Gasteiger partial charge is 0.477 e. The maximum Gasteiger partial charge on any atom is 0.352 e. The van der Waals surface area contributed by atoms with Crippen LogP contribution in [0, 0.1) is 19.7 Å². The summed E-state index contributed by atoms with van der Waals surface area (Å²) in [6.07, 6.45) is 3.70. The van der Waals surface area contributed by atoms with E-state index in [1.165, 1.54) is 12.1 Å². The van der Waals surface area contributed by atoms with E-state index in [1.54, 1.807) is 6.20 Å². The molecule has 0 bridgehead atoms. The smallest absolute Gasteiger partial charge is 0.352 e. The van der Waals surface area contributed by atoms with Crippen LogP contribution in [0.2, 0.25) is 0 Å². The second-order valence-corrected chi connectivity index (χ2v) is 8.72. The van der Waals surface area contributed by atoms with Crippen molar-refractivity contribution in [1.82, 2.24) is 15.0 Å². The van der Waals surface area contributed by atoms with E-state index in [9.17, 15) is 14.3 Å². The van der Waals surface area contributed by atoms with Crippen LogP contribution in [0.25, 0.3) is 44.2 Å². The SMILES string of the molecule is Cc1cc(-c2c(C(=O)O)[nH]c(-c3cc(F)cc4[nH]ccc34)c2C(C)C)c2c(C)c[nH]c2c1. The molecule has 0 aliphatic rings. The Hall–Kier alpha value is -3.80. The number of carbonyl (C=O) groups is 1. The molecule has 3 aromatic heterocycles. The van der Waals surface area contributed by atoms with Gasteiger partial charge in [0.25, 0.3) is 0 Å². The van der Waals surface area contributed by atoms with Crippen LogP contribution < -0.4 is 0 Å². The standard InChI is InChI=1S/C26H24FN3O2/c1-12(2)21-23(18-7-13(3)8-20-22(18)14(4)11-29-20)25(26(31)32)30-24(21)17-9-15(27)10-19-16(17)5-6-28-19/h5-12,28-30H,1-4H3,(H,31,32). The van der Waals surface area contributed by atoms with Gasteiger partial charge in [0.1, 0.15) is 11.5 Å². The predicted octanol–water partition coefficient (Wildman–Crippen LogP) is 6.89. The highest BCUT2D eigenvalue weighted by atomic mass is 19.1. The fraction of sp³-hybridized carbons (Fsp3) is 0.192. The molecule has 0 aliphatic carbocycles. The minimum Gasteiger partial charge on any atom is -0.477 e. The molecule has 5 aromatic rings. The fourth-order valence-corrected chi connectivity index (χ4v) is 4.86. The number of H-pyrrole nitrogens is 3. The van der Waals surface area contributed by atoms with E-state index in [0.29, 0.717) is 22.3 Å². The zero-order valence-corrected chi connectivity index (χ0v) is 18.4. The topological polar surface area (TPSA) is 84.7 Å². The van der Waals surface area contributed by atoms with Gasteiger partial charge in [0.15, 0.2) is 0 Å². The molecule has 0 atom stereocenters. The van der Waals surface area contributed by atoms with Crippen LogP contribution in [0.4, 0.5) is 4.39 Å². The van der Waals surface area contributed by atoms with Crippen molar-refractivity contribution >= 4 is 27.8 Å². The summed E-state index contributed by atoms with van der Waals surface area (Å²) < 4.78 is 14.5. The summed E-state index contributed by atoms with van der Waals surface area (Å²) in [5.74, 6) is -1.42. The van der Waals surface area contributed by atoms with Gasteiger partial charge >= 0.3 is 5.97 Å². The first-order valence-corrected chi connectivity index (χ1v) is 10.6. The molecular weight excluding hydrogens is 405 g/mol. The molecule has 0 unspecified atom stereocenters. The molecule has 5 nitrogen and oxygen atoms in total. The number of aryl methyl sites for hydroxylation is 2. The molecule has 32 heavy (non-hydrogen) atoms. The number of aromatic amines is 3. The average molecular weight is 429 g/mol. The van der Waals surface area contributed by atoms with Gasteiger partial charge in [-0.1, -0.05) is 19.9 Å². The Balaban J connectivity index is 1.94. The van der Waals surface area contributed by atoms with E-state index in [2.05, 4.69) is 21.0 Å². The van der Waals surface area contributed by atoms with E-state index in [1.807, 2.05) is 46.0 Å². The Bertz CT molecular complexity index is 1520. The lowest BCUT2D eigenvalue weighted by atomic mass is 9.88. The first-order valence-electron chi connectivity index (χ1n) is 10.6. The van der Waals surface area contributed by atoms with Crippen LogP contribution in [-0.4, -0.2) is 26.0 Å². The molecule has 5 rings (SSSR count). The molecule has 162 valence electrons. The quantitative estimate of drug-likeness (QED) is 0.251. The Kier molecular flexibility index (Phi) is 4.48. The Morgan fingerprint density at radius 3 is 2.53 bits per heavy atom. The Morgan fingerprint density at radius 2 is 1.81 bits per heavy atom. The van der Waals surface area contributed by atoms with Crippen LogP contribution >= 0.6 is 0 Å². The van der Waals surface area contributed by atoms with Gasteiger partial charge < -0.3 is 20.1 Å². The third kappa shape index (κ3) is 2.94. The zero-order chi connectivity index (χ0) is 22.7. The number of aromatic nitrogens is 3. The first-order chi connectivity index (χ1) is 15.3. The molecule has 3 heterocycles. The fourth-order valence-electron chi connectivity index (χ4n) is 4.86. The second kappa shape index (κ2) is 7.12. The van der Waals surface area contributed by atoms with Gasteiger partial charge in [0.05, 0.1) is 5.69 Å². The maximum atomic E-state index is 14.5. The number of hydrogen-bond acceptors (Lipinski definition) is 1. The maximum absolute atomic E-state index is 14.5. The molecule has 0 saturated heterocycles. The number of hydrogen-bond donors (Lipinski definition) is 4. The molecule has 6 heteroatoms. The third-order valence-corrected chi connectivity index (χ3v) is 6.12. The van der Waals surface area contributed by atoms with E-state index < -0.39 is 5.97 Å². The molecule has 4 N–H and O–H groups in total. The highest BCUT2D eigenvalue weighted by Gasteiger charge is 2.28. The summed E-state index contributed by atoms with van der Waals surface area (Å²) >= 11 is 0. The summed E-state index contributed by atoms with van der Waals surface area (Å²) in [5, 5.41) is 12.0. The lowest BCUT2D eigenvalue weighted by Crippen LogP contribution is -2.01. The van der Waals surface area contributed by atoms with Crippen LogP contribution in [0.3, 0.4) is 0 Å². The summed E-state index contributed by atoms with van der Waals surface area (Å²) in [4.78, 5) is 21.9. The van der Waals surface area contributed by atoms with Crippen LogP contribution in [-0.2, 0) is 0 Å². The van der Waals surface area contributed by atoms with E-state index in [-0.39, 0.29) is 17.4 Å². The van der Waals surface area contributed by atoms with Gasteiger partial charge in [-0.15, -0.1) is 0 Å². The molecule has 0 aliphatic heterocycles. The van der Waals surface area contributed by atoms with Crippen molar-refractivity contribution in [1.29, 1.82) is 0 Å². The van der Waals surface area contributed by atoms with E-state index in [0.717, 1.165) is 38.5 Å². The normalized spacial score (nSPS) is 11.8. The minimum absolute atomic E-state index is 0.00332. The second-order valence-electron chi connectivity index (χ2n) is 8.72.